The second-order valence-corrected chi connectivity index (χ2v) is 23.4. The SMILES string of the molecule is Cc1cc(C)cc(-c2ccc3c(c2)c2cc(-c4cc(C)cc(C)c4)ccc2n3-c2ccc(C#N)cc2-c2cc(-c3c(C(F)(F)F)cccc3C(F)(F)F)ccc2-n2c3ccc(-c4cc(C)cc(C)c4)cc3c3cc(-c4cc(C)cc(C)c4)ccc32)c1. The second-order valence-electron chi connectivity index (χ2n) is 23.4. The van der Waals surface area contributed by atoms with Gasteiger partial charge in [-0.1, -0.05) is 154 Å². The highest BCUT2D eigenvalue weighted by molar-refractivity contribution is 6.14. The number of nitrogens with zero attached hydrogens (tertiary/aromatic N) is 3. The zero-order valence-electron chi connectivity index (χ0n) is 48.7. The molecular formula is C77H57F6N3. The molecule has 13 aromatic rings. The summed E-state index contributed by atoms with van der Waals surface area (Å²) in [7, 11) is 0. The van der Waals surface area contributed by atoms with Crippen LogP contribution in [0.4, 0.5) is 26.3 Å². The van der Waals surface area contributed by atoms with Crippen molar-refractivity contribution in [3.8, 4) is 84.2 Å². The average molecular weight is 1140 g/mol. The van der Waals surface area contributed by atoms with Gasteiger partial charge in [0.2, 0.25) is 0 Å². The first-order valence-corrected chi connectivity index (χ1v) is 28.5. The molecule has 422 valence electrons. The van der Waals surface area contributed by atoms with E-state index in [9.17, 15) is 5.26 Å². The minimum Gasteiger partial charge on any atom is -0.309 e. The molecule has 0 N–H and O–H groups in total. The van der Waals surface area contributed by atoms with Crippen LogP contribution >= 0.6 is 0 Å². The molecule has 0 aliphatic carbocycles. The number of hydrogen-bond donors (Lipinski definition) is 0. The molecular weight excluding hydrogens is 1080 g/mol. The van der Waals surface area contributed by atoms with E-state index in [0.717, 1.165) is 139 Å². The lowest BCUT2D eigenvalue weighted by molar-refractivity contribution is -0.142. The van der Waals surface area contributed by atoms with Crippen LogP contribution in [0.1, 0.15) is 61.2 Å². The Bertz CT molecular complexity index is 4690. The maximum Gasteiger partial charge on any atom is 0.417 e. The van der Waals surface area contributed by atoms with Crippen molar-refractivity contribution in [3.05, 3.63) is 261 Å². The summed E-state index contributed by atoms with van der Waals surface area (Å²) in [5, 5.41) is 14.4. The van der Waals surface area contributed by atoms with Crippen LogP contribution in [0.5, 0.6) is 0 Å². The number of hydrogen-bond acceptors (Lipinski definition) is 1. The number of alkyl halides is 6. The van der Waals surface area contributed by atoms with E-state index in [4.69, 9.17) is 0 Å². The zero-order valence-corrected chi connectivity index (χ0v) is 48.7. The molecule has 9 heteroatoms. The van der Waals surface area contributed by atoms with Crippen LogP contribution < -0.4 is 0 Å². The van der Waals surface area contributed by atoms with E-state index in [2.05, 4.69) is 204 Å². The molecule has 0 spiro atoms. The predicted molar refractivity (Wildman–Crippen MR) is 340 cm³/mol. The van der Waals surface area contributed by atoms with E-state index in [1.165, 1.54) is 12.1 Å². The fourth-order valence-electron chi connectivity index (χ4n) is 13.3. The van der Waals surface area contributed by atoms with E-state index >= 15 is 26.3 Å². The maximum atomic E-state index is 15.4. The molecule has 3 nitrogen and oxygen atoms in total. The third-order valence-electron chi connectivity index (χ3n) is 16.6. The number of fused-ring (bicyclic) bond motifs is 6. The van der Waals surface area contributed by atoms with Gasteiger partial charge in [-0.25, -0.2) is 0 Å². The van der Waals surface area contributed by atoms with Crippen LogP contribution in [-0.4, -0.2) is 9.13 Å². The fraction of sp³-hybridized carbons (Fsp3) is 0.130. The van der Waals surface area contributed by atoms with E-state index in [1.807, 2.05) is 18.2 Å². The van der Waals surface area contributed by atoms with Gasteiger partial charge in [0.25, 0.3) is 0 Å². The largest absolute Gasteiger partial charge is 0.417 e. The van der Waals surface area contributed by atoms with Crippen LogP contribution in [0.25, 0.3) is 122 Å². The van der Waals surface area contributed by atoms with Gasteiger partial charge in [0.1, 0.15) is 0 Å². The summed E-state index contributed by atoms with van der Waals surface area (Å²) >= 11 is 0. The Morgan fingerprint density at radius 1 is 0.302 bits per heavy atom. The smallest absolute Gasteiger partial charge is 0.309 e. The first-order valence-electron chi connectivity index (χ1n) is 28.5. The Kier molecular flexibility index (Phi) is 13.3. The summed E-state index contributed by atoms with van der Waals surface area (Å²) in [6.07, 6.45) is -10.3. The van der Waals surface area contributed by atoms with Gasteiger partial charge in [0.05, 0.1) is 56.2 Å². The molecule has 13 rings (SSSR count). The Hall–Kier alpha value is -9.91. The van der Waals surface area contributed by atoms with E-state index in [1.54, 1.807) is 18.2 Å². The molecule has 0 aliphatic rings. The van der Waals surface area contributed by atoms with Crippen LogP contribution in [-0.2, 0) is 12.4 Å². The summed E-state index contributed by atoms with van der Waals surface area (Å²) < 4.78 is 96.3. The predicted octanol–water partition coefficient (Wildman–Crippen LogP) is 22.3. The zero-order chi connectivity index (χ0) is 60.2. The quantitative estimate of drug-likeness (QED) is 0.140. The van der Waals surface area contributed by atoms with Gasteiger partial charge in [-0.15, -0.1) is 0 Å². The number of halogens is 6. The molecule has 0 radical (unpaired) electrons. The monoisotopic (exact) mass is 1140 g/mol. The number of rotatable bonds is 8. The van der Waals surface area contributed by atoms with E-state index < -0.39 is 29.0 Å². The highest BCUT2D eigenvalue weighted by atomic mass is 19.4. The highest BCUT2D eigenvalue weighted by Gasteiger charge is 2.41. The summed E-state index contributed by atoms with van der Waals surface area (Å²) in [5.74, 6) is 0. The molecule has 0 amide bonds. The third-order valence-corrected chi connectivity index (χ3v) is 16.6. The van der Waals surface area contributed by atoms with Gasteiger partial charge in [-0.2, -0.15) is 31.6 Å². The average Bonchev–Trinajstić information content (AvgIpc) is 1.94. The topological polar surface area (TPSA) is 33.6 Å². The number of benzene rings is 11. The van der Waals surface area contributed by atoms with Crippen molar-refractivity contribution in [1.29, 1.82) is 5.26 Å². The van der Waals surface area contributed by atoms with Crippen molar-refractivity contribution in [3.63, 3.8) is 0 Å². The van der Waals surface area contributed by atoms with Crippen LogP contribution in [0, 0.1) is 66.7 Å². The van der Waals surface area contributed by atoms with E-state index in [0.29, 0.717) is 34.6 Å². The van der Waals surface area contributed by atoms with Crippen molar-refractivity contribution < 1.29 is 26.3 Å². The molecule has 2 aromatic heterocycles. The lowest BCUT2D eigenvalue weighted by Crippen LogP contribution is -2.14. The van der Waals surface area contributed by atoms with Gasteiger partial charge in [0.15, 0.2) is 0 Å². The Balaban J connectivity index is 1.15. The number of aryl methyl sites for hydroxylation is 8. The molecule has 86 heavy (non-hydrogen) atoms. The molecule has 0 saturated carbocycles. The van der Waals surface area contributed by atoms with Crippen molar-refractivity contribution in [2.75, 3.05) is 0 Å². The van der Waals surface area contributed by atoms with Crippen molar-refractivity contribution in [2.45, 2.75) is 67.7 Å². The van der Waals surface area contributed by atoms with E-state index in [-0.39, 0.29) is 11.1 Å². The molecule has 0 saturated heterocycles. The van der Waals surface area contributed by atoms with Crippen LogP contribution in [0.2, 0.25) is 0 Å². The van der Waals surface area contributed by atoms with Crippen molar-refractivity contribution in [2.24, 2.45) is 0 Å². The Morgan fingerprint density at radius 2 is 0.593 bits per heavy atom. The molecule has 11 aromatic carbocycles. The van der Waals surface area contributed by atoms with Gasteiger partial charge in [0, 0.05) is 38.2 Å². The number of aromatic nitrogens is 2. The summed E-state index contributed by atoms with van der Waals surface area (Å²) in [6.45, 7) is 16.6. The lowest BCUT2D eigenvalue weighted by Gasteiger charge is -2.22. The Labute approximate surface area is 495 Å². The van der Waals surface area contributed by atoms with Gasteiger partial charge >= 0.3 is 12.4 Å². The standard InChI is InChI=1S/C77H57F6N3/c1-43-24-44(2)29-57(28-43)52-13-19-70-62(37-52)63-38-53(58-30-45(3)25-46(4)31-58)14-20-71(63)85(70)69-18-12-51(42-84)36-61(69)66-41-56(75-67(76(78,79)80)10-9-11-68(75)77(81,82)83)17-23-74(66)86-72-21-15-54(59-32-47(5)26-48(6)33-59)39-64(72)65-40-55(16-22-73(65)86)60-34-49(7)27-50(8)35-60/h9-41H,1-8H3. The minimum absolute atomic E-state index is 0.236. The molecule has 0 bridgehead atoms. The summed E-state index contributed by atoms with van der Waals surface area (Å²) in [4.78, 5) is 0. The maximum absolute atomic E-state index is 15.4. The Morgan fingerprint density at radius 3 is 0.895 bits per heavy atom. The minimum atomic E-state index is -5.16. The second kappa shape index (κ2) is 20.7. The first-order chi connectivity index (χ1) is 41.1. The molecule has 0 fully saturated rings. The van der Waals surface area contributed by atoms with Crippen LogP contribution in [0.3, 0.4) is 0 Å². The fourth-order valence-corrected chi connectivity index (χ4v) is 13.3. The molecule has 0 unspecified atom stereocenters. The molecule has 0 atom stereocenters. The molecule has 0 aliphatic heterocycles. The van der Waals surface area contributed by atoms with Gasteiger partial charge < -0.3 is 9.13 Å². The molecule has 2 heterocycles. The summed E-state index contributed by atoms with van der Waals surface area (Å²) in [5.41, 5.74) is 17.9. The van der Waals surface area contributed by atoms with Crippen LogP contribution in [0.15, 0.2) is 200 Å². The first kappa shape index (κ1) is 55.3. The van der Waals surface area contributed by atoms with Gasteiger partial charge in [-0.3, -0.25) is 0 Å². The van der Waals surface area contributed by atoms with Crippen molar-refractivity contribution >= 4 is 43.6 Å². The van der Waals surface area contributed by atoms with Crippen molar-refractivity contribution in [1.82, 2.24) is 9.13 Å². The normalized spacial score (nSPS) is 12.1. The van der Waals surface area contributed by atoms with Gasteiger partial charge in [-0.05, 0) is 196 Å². The third kappa shape index (κ3) is 9.89. The number of nitriles is 1. The lowest BCUT2D eigenvalue weighted by atomic mass is 9.90. The summed E-state index contributed by atoms with van der Waals surface area (Å²) in [6, 6.07) is 65.1. The highest BCUT2D eigenvalue weighted by Crippen LogP contribution is 2.49.